The minimum Gasteiger partial charge on any atom is -0.493 e. The zero-order valence-electron chi connectivity index (χ0n) is 10.5. The highest BCUT2D eigenvalue weighted by Crippen LogP contribution is 2.26. The van der Waals surface area contributed by atoms with Gasteiger partial charge in [0, 0.05) is 0 Å². The zero-order valence-corrected chi connectivity index (χ0v) is 10.5. The molecule has 0 saturated heterocycles. The van der Waals surface area contributed by atoms with Crippen LogP contribution in [0.15, 0.2) is 24.3 Å². The average Bonchev–Trinajstić information content (AvgIpc) is 2.38. The van der Waals surface area contributed by atoms with Gasteiger partial charge in [-0.1, -0.05) is 12.1 Å². The molecule has 100 valence electrons. The number of para-hydroxylation sites is 2. The highest BCUT2D eigenvalue weighted by Gasteiger charge is 2.16. The van der Waals surface area contributed by atoms with Crippen LogP contribution in [0.2, 0.25) is 0 Å². The maximum Gasteiger partial charge on any atom is 0.306 e. The molecule has 0 radical (unpaired) electrons. The lowest BCUT2D eigenvalue weighted by molar-refractivity contribution is -0.142. The Kier molecular flexibility index (Phi) is 6.00. The summed E-state index contributed by atoms with van der Waals surface area (Å²) >= 11 is 0. The standard InChI is InChI=1S/C13H19NO4/c1-17-11-4-2-3-5-12(11)18-9-7-10(6-8-14)13(15)16/h2-5,10H,6-9,14H2,1H3,(H,15,16). The molecule has 0 aromatic heterocycles. The molecule has 0 aliphatic heterocycles. The molecule has 1 aromatic carbocycles. The lowest BCUT2D eigenvalue weighted by atomic mass is 10.0. The predicted molar refractivity (Wildman–Crippen MR) is 67.9 cm³/mol. The van der Waals surface area contributed by atoms with Gasteiger partial charge in [-0.25, -0.2) is 0 Å². The number of ether oxygens (including phenoxy) is 2. The summed E-state index contributed by atoms with van der Waals surface area (Å²) in [5, 5.41) is 8.97. The molecule has 0 aliphatic rings. The van der Waals surface area contributed by atoms with E-state index in [0.29, 0.717) is 37.5 Å². The SMILES string of the molecule is COc1ccccc1OCCC(CCN)C(=O)O. The lowest BCUT2D eigenvalue weighted by Gasteiger charge is -2.13. The Morgan fingerprint density at radius 1 is 1.33 bits per heavy atom. The molecule has 0 saturated carbocycles. The van der Waals surface area contributed by atoms with Crippen molar-refractivity contribution in [2.75, 3.05) is 20.3 Å². The van der Waals surface area contributed by atoms with E-state index in [1.165, 1.54) is 0 Å². The van der Waals surface area contributed by atoms with Crippen molar-refractivity contribution in [3.05, 3.63) is 24.3 Å². The number of hydrogen-bond acceptors (Lipinski definition) is 4. The van der Waals surface area contributed by atoms with Gasteiger partial charge in [-0.05, 0) is 31.5 Å². The van der Waals surface area contributed by atoms with E-state index >= 15 is 0 Å². The summed E-state index contributed by atoms with van der Waals surface area (Å²) in [5.41, 5.74) is 5.37. The maximum absolute atomic E-state index is 10.9. The molecule has 1 atom stereocenters. The monoisotopic (exact) mass is 253 g/mol. The summed E-state index contributed by atoms with van der Waals surface area (Å²) < 4.78 is 10.7. The number of carboxylic acid groups (broad SMARTS) is 1. The Balaban J connectivity index is 2.47. The number of benzene rings is 1. The van der Waals surface area contributed by atoms with Gasteiger partial charge in [0.05, 0.1) is 19.6 Å². The third-order valence-electron chi connectivity index (χ3n) is 2.66. The van der Waals surface area contributed by atoms with Crippen molar-refractivity contribution in [2.24, 2.45) is 11.7 Å². The van der Waals surface area contributed by atoms with Gasteiger partial charge in [-0.15, -0.1) is 0 Å². The van der Waals surface area contributed by atoms with E-state index in [1.54, 1.807) is 19.2 Å². The minimum atomic E-state index is -0.830. The number of hydrogen-bond donors (Lipinski definition) is 2. The van der Waals surface area contributed by atoms with Gasteiger partial charge in [0.1, 0.15) is 0 Å². The van der Waals surface area contributed by atoms with Crippen LogP contribution in [-0.2, 0) is 4.79 Å². The van der Waals surface area contributed by atoms with Crippen LogP contribution >= 0.6 is 0 Å². The number of carbonyl (C=O) groups is 1. The second-order valence-electron chi connectivity index (χ2n) is 3.90. The van der Waals surface area contributed by atoms with Crippen molar-refractivity contribution in [3.8, 4) is 11.5 Å². The van der Waals surface area contributed by atoms with Gasteiger partial charge in [0.25, 0.3) is 0 Å². The first-order valence-electron chi connectivity index (χ1n) is 5.87. The van der Waals surface area contributed by atoms with Crippen LogP contribution in [0.5, 0.6) is 11.5 Å². The maximum atomic E-state index is 10.9. The van der Waals surface area contributed by atoms with E-state index in [9.17, 15) is 4.79 Å². The van der Waals surface area contributed by atoms with Crippen molar-refractivity contribution in [3.63, 3.8) is 0 Å². The summed E-state index contributed by atoms with van der Waals surface area (Å²) in [4.78, 5) is 10.9. The van der Waals surface area contributed by atoms with Crippen LogP contribution in [0, 0.1) is 5.92 Å². The van der Waals surface area contributed by atoms with Crippen molar-refractivity contribution < 1.29 is 19.4 Å². The molecular formula is C13H19NO4. The predicted octanol–water partition coefficient (Wildman–Crippen LogP) is 1.51. The Labute approximate surface area is 107 Å². The summed E-state index contributed by atoms with van der Waals surface area (Å²) in [6, 6.07) is 7.27. The largest absolute Gasteiger partial charge is 0.493 e. The van der Waals surface area contributed by atoms with Crippen molar-refractivity contribution in [2.45, 2.75) is 12.8 Å². The average molecular weight is 253 g/mol. The van der Waals surface area contributed by atoms with Crippen molar-refractivity contribution in [1.29, 1.82) is 0 Å². The van der Waals surface area contributed by atoms with E-state index < -0.39 is 11.9 Å². The summed E-state index contributed by atoms with van der Waals surface area (Å²) in [6.07, 6.45) is 0.898. The highest BCUT2D eigenvalue weighted by molar-refractivity contribution is 5.69. The molecule has 1 unspecified atom stereocenters. The summed E-state index contributed by atoms with van der Waals surface area (Å²) in [6.45, 7) is 0.697. The smallest absolute Gasteiger partial charge is 0.306 e. The molecule has 5 heteroatoms. The lowest BCUT2D eigenvalue weighted by Crippen LogP contribution is -2.20. The number of rotatable bonds is 8. The molecule has 18 heavy (non-hydrogen) atoms. The Morgan fingerprint density at radius 3 is 2.56 bits per heavy atom. The number of nitrogens with two attached hydrogens (primary N) is 1. The minimum absolute atomic E-state index is 0.331. The van der Waals surface area contributed by atoms with E-state index in [-0.39, 0.29) is 0 Å². The van der Waals surface area contributed by atoms with E-state index in [4.69, 9.17) is 20.3 Å². The van der Waals surface area contributed by atoms with Gasteiger partial charge in [-0.3, -0.25) is 4.79 Å². The molecule has 0 heterocycles. The van der Waals surface area contributed by atoms with Crippen LogP contribution in [-0.4, -0.2) is 31.3 Å². The van der Waals surface area contributed by atoms with Crippen molar-refractivity contribution in [1.82, 2.24) is 0 Å². The quantitative estimate of drug-likeness (QED) is 0.734. The Bertz CT molecular complexity index is 381. The summed E-state index contributed by atoms with van der Waals surface area (Å²) in [7, 11) is 1.57. The second-order valence-corrected chi connectivity index (χ2v) is 3.90. The van der Waals surface area contributed by atoms with Crippen molar-refractivity contribution >= 4 is 5.97 Å². The molecule has 5 nitrogen and oxygen atoms in total. The fourth-order valence-electron chi connectivity index (χ4n) is 1.64. The Hall–Kier alpha value is -1.75. The number of carboxylic acids is 1. The van der Waals surface area contributed by atoms with Gasteiger partial charge in [-0.2, -0.15) is 0 Å². The molecule has 0 amide bonds. The fourth-order valence-corrected chi connectivity index (χ4v) is 1.64. The molecule has 0 bridgehead atoms. The fraction of sp³-hybridized carbons (Fsp3) is 0.462. The van der Waals surface area contributed by atoms with Crippen LogP contribution in [0.1, 0.15) is 12.8 Å². The van der Waals surface area contributed by atoms with E-state index in [0.717, 1.165) is 0 Å². The first kappa shape index (κ1) is 14.3. The van der Waals surface area contributed by atoms with Gasteiger partial charge < -0.3 is 20.3 Å². The molecule has 0 aliphatic carbocycles. The molecule has 0 fully saturated rings. The van der Waals surface area contributed by atoms with Crippen LogP contribution in [0.4, 0.5) is 0 Å². The molecule has 1 rings (SSSR count). The third-order valence-corrected chi connectivity index (χ3v) is 2.66. The van der Waals surface area contributed by atoms with Gasteiger partial charge in [0.15, 0.2) is 11.5 Å². The molecular weight excluding hydrogens is 234 g/mol. The zero-order chi connectivity index (χ0) is 13.4. The van der Waals surface area contributed by atoms with E-state index in [2.05, 4.69) is 0 Å². The Morgan fingerprint density at radius 2 is 2.00 bits per heavy atom. The normalized spacial score (nSPS) is 11.9. The molecule has 1 aromatic rings. The number of aliphatic carboxylic acids is 1. The third kappa shape index (κ3) is 4.25. The topological polar surface area (TPSA) is 81.8 Å². The highest BCUT2D eigenvalue weighted by atomic mass is 16.5. The second kappa shape index (κ2) is 7.55. The van der Waals surface area contributed by atoms with Crippen LogP contribution < -0.4 is 15.2 Å². The van der Waals surface area contributed by atoms with Gasteiger partial charge >= 0.3 is 5.97 Å². The molecule has 0 spiro atoms. The number of methoxy groups -OCH3 is 1. The van der Waals surface area contributed by atoms with Crippen LogP contribution in [0.3, 0.4) is 0 Å². The first-order chi connectivity index (χ1) is 8.69. The first-order valence-corrected chi connectivity index (χ1v) is 5.87. The molecule has 3 N–H and O–H groups in total. The van der Waals surface area contributed by atoms with E-state index in [1.807, 2.05) is 12.1 Å². The summed E-state index contributed by atoms with van der Waals surface area (Å²) in [5.74, 6) is -0.0196. The van der Waals surface area contributed by atoms with Gasteiger partial charge in [0.2, 0.25) is 0 Å². The van der Waals surface area contributed by atoms with Crippen LogP contribution in [0.25, 0.3) is 0 Å².